The van der Waals surface area contributed by atoms with Gasteiger partial charge < -0.3 is 10.1 Å². The smallest absolute Gasteiger partial charge is 0.271 e. The van der Waals surface area contributed by atoms with Crippen LogP contribution in [0.4, 0.5) is 5.69 Å². The molecule has 0 saturated heterocycles. The molecular weight excluding hydrogens is 386 g/mol. The molecule has 1 atom stereocenters. The molecule has 2 aromatic carbocycles. The SMILES string of the molecule is CNC(=O)[C@H]1Cc2ccccc2CN1S(=O)(=O)c1cc([N+](=O)[O-])ccc1OC. The number of nitro groups is 1. The highest BCUT2D eigenvalue weighted by Crippen LogP contribution is 2.35. The summed E-state index contributed by atoms with van der Waals surface area (Å²) >= 11 is 0. The number of sulfonamides is 1. The number of amides is 1. The quantitative estimate of drug-likeness (QED) is 0.594. The molecule has 0 saturated carbocycles. The topological polar surface area (TPSA) is 119 Å². The zero-order valence-electron chi connectivity index (χ0n) is 15.3. The van der Waals surface area contributed by atoms with E-state index in [0.29, 0.717) is 0 Å². The molecule has 0 spiro atoms. The predicted molar refractivity (Wildman–Crippen MR) is 100 cm³/mol. The predicted octanol–water partition coefficient (Wildman–Crippen LogP) is 1.46. The van der Waals surface area contributed by atoms with Gasteiger partial charge in [0.05, 0.1) is 12.0 Å². The van der Waals surface area contributed by atoms with E-state index in [1.54, 1.807) is 12.1 Å². The van der Waals surface area contributed by atoms with Crippen LogP contribution in [0.15, 0.2) is 47.4 Å². The lowest BCUT2D eigenvalue weighted by atomic mass is 9.95. The van der Waals surface area contributed by atoms with E-state index >= 15 is 0 Å². The molecule has 1 amide bonds. The molecule has 0 aliphatic carbocycles. The molecule has 0 unspecified atom stereocenters. The lowest BCUT2D eigenvalue weighted by molar-refractivity contribution is -0.385. The molecule has 0 radical (unpaired) electrons. The van der Waals surface area contributed by atoms with Crippen LogP contribution in [-0.4, -0.2) is 43.8 Å². The summed E-state index contributed by atoms with van der Waals surface area (Å²) in [5.41, 5.74) is 1.28. The lowest BCUT2D eigenvalue weighted by Crippen LogP contribution is -2.51. The molecule has 0 fully saturated rings. The van der Waals surface area contributed by atoms with Crippen molar-refractivity contribution < 1.29 is 22.9 Å². The normalized spacial score (nSPS) is 16.9. The zero-order chi connectivity index (χ0) is 20.5. The Morgan fingerprint density at radius 3 is 2.54 bits per heavy atom. The van der Waals surface area contributed by atoms with Crippen molar-refractivity contribution in [1.29, 1.82) is 0 Å². The monoisotopic (exact) mass is 405 g/mol. The maximum atomic E-state index is 13.4. The average Bonchev–Trinajstić information content (AvgIpc) is 2.71. The van der Waals surface area contributed by atoms with Crippen molar-refractivity contribution in [3.63, 3.8) is 0 Å². The van der Waals surface area contributed by atoms with Crippen LogP contribution in [0.5, 0.6) is 5.75 Å². The summed E-state index contributed by atoms with van der Waals surface area (Å²) in [6, 6.07) is 9.64. The fourth-order valence-electron chi connectivity index (χ4n) is 3.25. The Morgan fingerprint density at radius 1 is 1.25 bits per heavy atom. The first kappa shape index (κ1) is 19.8. The number of non-ortho nitro benzene ring substituents is 1. The van der Waals surface area contributed by atoms with Crippen LogP contribution in [-0.2, 0) is 27.8 Å². The molecule has 1 aliphatic rings. The number of nitro benzene ring substituents is 1. The maximum Gasteiger partial charge on any atom is 0.271 e. The molecule has 3 rings (SSSR count). The van der Waals surface area contributed by atoms with Gasteiger partial charge in [-0.05, 0) is 23.6 Å². The fraction of sp³-hybridized carbons (Fsp3) is 0.278. The van der Waals surface area contributed by atoms with Crippen molar-refractivity contribution in [2.24, 2.45) is 0 Å². The first-order valence-corrected chi connectivity index (χ1v) is 9.86. The Hall–Kier alpha value is -2.98. The second-order valence-corrected chi connectivity index (χ2v) is 8.10. The Balaban J connectivity index is 2.15. The summed E-state index contributed by atoms with van der Waals surface area (Å²) in [7, 11) is -1.55. The zero-order valence-corrected chi connectivity index (χ0v) is 16.1. The summed E-state index contributed by atoms with van der Waals surface area (Å²) in [5.74, 6) is -0.484. The number of hydrogen-bond donors (Lipinski definition) is 1. The van der Waals surface area contributed by atoms with E-state index in [1.807, 2.05) is 12.1 Å². The van der Waals surface area contributed by atoms with Gasteiger partial charge in [0.1, 0.15) is 16.7 Å². The van der Waals surface area contributed by atoms with E-state index in [1.165, 1.54) is 26.3 Å². The number of rotatable bonds is 5. The summed E-state index contributed by atoms with van der Waals surface area (Å²) in [5, 5.41) is 13.6. The van der Waals surface area contributed by atoms with Crippen molar-refractivity contribution >= 4 is 21.6 Å². The van der Waals surface area contributed by atoms with Gasteiger partial charge in [0, 0.05) is 25.7 Å². The number of methoxy groups -OCH3 is 1. The van der Waals surface area contributed by atoms with Gasteiger partial charge in [-0.25, -0.2) is 8.42 Å². The summed E-state index contributed by atoms with van der Waals surface area (Å²) in [4.78, 5) is 22.5. The molecule has 148 valence electrons. The Kier molecular flexibility index (Phi) is 5.34. The fourth-order valence-corrected chi connectivity index (χ4v) is 4.99. The highest BCUT2D eigenvalue weighted by molar-refractivity contribution is 7.89. The Bertz CT molecular complexity index is 1040. The third-order valence-corrected chi connectivity index (χ3v) is 6.58. The molecule has 0 bridgehead atoms. The summed E-state index contributed by atoms with van der Waals surface area (Å²) < 4.78 is 33.0. The lowest BCUT2D eigenvalue weighted by Gasteiger charge is -2.34. The summed E-state index contributed by atoms with van der Waals surface area (Å²) in [6.45, 7) is -0.0254. The van der Waals surface area contributed by atoms with Gasteiger partial charge in [-0.2, -0.15) is 4.31 Å². The number of benzene rings is 2. The second-order valence-electron chi connectivity index (χ2n) is 6.25. The van der Waals surface area contributed by atoms with Gasteiger partial charge in [-0.3, -0.25) is 14.9 Å². The van der Waals surface area contributed by atoms with Gasteiger partial charge >= 0.3 is 0 Å². The van der Waals surface area contributed by atoms with Crippen LogP contribution >= 0.6 is 0 Å². The molecule has 0 aromatic heterocycles. The molecule has 10 heteroatoms. The molecule has 9 nitrogen and oxygen atoms in total. The van der Waals surface area contributed by atoms with E-state index in [0.717, 1.165) is 21.5 Å². The van der Waals surface area contributed by atoms with Crippen LogP contribution < -0.4 is 10.1 Å². The van der Waals surface area contributed by atoms with Gasteiger partial charge in [-0.15, -0.1) is 0 Å². The van der Waals surface area contributed by atoms with Crippen molar-refractivity contribution in [3.05, 3.63) is 63.7 Å². The van der Waals surface area contributed by atoms with Crippen molar-refractivity contribution in [2.75, 3.05) is 14.2 Å². The van der Waals surface area contributed by atoms with Crippen LogP contribution in [0.2, 0.25) is 0 Å². The molecule has 1 heterocycles. The Labute approximate surface area is 162 Å². The highest BCUT2D eigenvalue weighted by Gasteiger charge is 2.41. The van der Waals surface area contributed by atoms with Gasteiger partial charge in [-0.1, -0.05) is 24.3 Å². The number of carbonyl (C=O) groups excluding carboxylic acids is 1. The van der Waals surface area contributed by atoms with E-state index in [9.17, 15) is 23.3 Å². The molecule has 28 heavy (non-hydrogen) atoms. The van der Waals surface area contributed by atoms with Crippen LogP contribution in [0.25, 0.3) is 0 Å². The number of fused-ring (bicyclic) bond motifs is 1. The summed E-state index contributed by atoms with van der Waals surface area (Å²) in [6.07, 6.45) is 0.201. The average molecular weight is 405 g/mol. The van der Waals surface area contributed by atoms with Crippen LogP contribution in [0, 0.1) is 10.1 Å². The van der Waals surface area contributed by atoms with Gasteiger partial charge in [0.15, 0.2) is 0 Å². The highest BCUT2D eigenvalue weighted by atomic mass is 32.2. The number of hydrogen-bond acceptors (Lipinski definition) is 6. The van der Waals surface area contributed by atoms with Crippen molar-refractivity contribution in [3.8, 4) is 5.75 Å². The third kappa shape index (κ3) is 3.43. The first-order valence-electron chi connectivity index (χ1n) is 8.42. The van der Waals surface area contributed by atoms with E-state index in [-0.39, 0.29) is 29.3 Å². The van der Waals surface area contributed by atoms with E-state index < -0.39 is 26.9 Å². The van der Waals surface area contributed by atoms with E-state index in [4.69, 9.17) is 4.74 Å². The minimum absolute atomic E-state index is 0.0254. The van der Waals surface area contributed by atoms with Crippen LogP contribution in [0.1, 0.15) is 11.1 Å². The van der Waals surface area contributed by atoms with Gasteiger partial charge in [0.2, 0.25) is 15.9 Å². The Morgan fingerprint density at radius 2 is 1.93 bits per heavy atom. The number of nitrogens with one attached hydrogen (secondary N) is 1. The van der Waals surface area contributed by atoms with Crippen molar-refractivity contribution in [2.45, 2.75) is 23.9 Å². The van der Waals surface area contributed by atoms with Gasteiger partial charge in [0.25, 0.3) is 5.69 Å². The third-order valence-electron chi connectivity index (χ3n) is 4.70. The molecule has 1 N–H and O–H groups in total. The van der Waals surface area contributed by atoms with Crippen molar-refractivity contribution in [1.82, 2.24) is 9.62 Å². The molecule has 1 aliphatic heterocycles. The van der Waals surface area contributed by atoms with E-state index in [2.05, 4.69) is 5.32 Å². The molecular formula is C18H19N3O6S. The number of carbonyl (C=O) groups is 1. The molecule has 2 aromatic rings. The second kappa shape index (κ2) is 7.56. The minimum atomic E-state index is -4.26. The number of nitrogens with zero attached hydrogens (tertiary/aromatic N) is 2. The first-order chi connectivity index (χ1) is 13.3. The standard InChI is InChI=1S/C18H19N3O6S/c1-19-18(22)15-9-12-5-3-4-6-13(12)11-20(15)28(25,26)17-10-14(21(23)24)7-8-16(17)27-2/h3-8,10,15H,9,11H2,1-2H3,(H,19,22)/t15-/m1/s1. The largest absolute Gasteiger partial charge is 0.495 e. The van der Waals surface area contributed by atoms with Crippen LogP contribution in [0.3, 0.4) is 0 Å². The number of likely N-dealkylation sites (N-methyl/N-ethyl adjacent to an activating group) is 1. The maximum absolute atomic E-state index is 13.4. The minimum Gasteiger partial charge on any atom is -0.495 e. The number of ether oxygens (including phenoxy) is 1.